The summed E-state index contributed by atoms with van der Waals surface area (Å²) in [4.78, 5) is 14.4. The number of aliphatic hydroxyl groups is 1. The standard InChI is InChI=1S/C17H23NO2/c1-10-7-11(2)14(12(3)8-10)15-13(19)9-18(16(15)20)17(4,5)6/h7-8,19H,9H2,1-6H3. The van der Waals surface area contributed by atoms with E-state index in [-0.39, 0.29) is 17.2 Å². The van der Waals surface area contributed by atoms with E-state index in [4.69, 9.17) is 0 Å². The number of aliphatic hydroxyl groups excluding tert-OH is 1. The van der Waals surface area contributed by atoms with E-state index >= 15 is 0 Å². The first kappa shape index (κ1) is 14.6. The number of aryl methyl sites for hydroxylation is 3. The molecule has 0 bridgehead atoms. The van der Waals surface area contributed by atoms with E-state index in [0.717, 1.165) is 16.7 Å². The minimum absolute atomic E-state index is 0.0787. The molecule has 1 heterocycles. The van der Waals surface area contributed by atoms with Gasteiger partial charge in [0.2, 0.25) is 0 Å². The molecule has 1 aliphatic rings. The van der Waals surface area contributed by atoms with Crippen LogP contribution in [0.15, 0.2) is 17.9 Å². The summed E-state index contributed by atoms with van der Waals surface area (Å²) < 4.78 is 0. The Kier molecular flexibility index (Phi) is 3.41. The van der Waals surface area contributed by atoms with Gasteiger partial charge in [0.05, 0.1) is 12.1 Å². The van der Waals surface area contributed by atoms with Crippen LogP contribution in [-0.2, 0) is 4.79 Å². The second-order valence-electron chi connectivity index (χ2n) is 6.66. The number of hydrogen-bond donors (Lipinski definition) is 1. The van der Waals surface area contributed by atoms with Crippen LogP contribution in [0, 0.1) is 20.8 Å². The molecule has 2 rings (SSSR count). The highest BCUT2D eigenvalue weighted by Gasteiger charge is 2.38. The molecule has 0 saturated heterocycles. The first-order valence-electron chi connectivity index (χ1n) is 6.95. The maximum Gasteiger partial charge on any atom is 0.258 e. The maximum atomic E-state index is 12.7. The molecule has 0 unspecified atom stereocenters. The second kappa shape index (κ2) is 4.65. The zero-order chi connectivity index (χ0) is 15.2. The highest BCUT2D eigenvalue weighted by Crippen LogP contribution is 2.34. The summed E-state index contributed by atoms with van der Waals surface area (Å²) in [5.74, 6) is 0.102. The minimum Gasteiger partial charge on any atom is -0.510 e. The number of benzene rings is 1. The second-order valence-corrected chi connectivity index (χ2v) is 6.66. The molecule has 1 aromatic carbocycles. The van der Waals surface area contributed by atoms with Gasteiger partial charge in [0.1, 0.15) is 5.76 Å². The van der Waals surface area contributed by atoms with Crippen LogP contribution in [0.1, 0.15) is 43.0 Å². The molecule has 0 saturated carbocycles. The molecule has 20 heavy (non-hydrogen) atoms. The molecule has 1 aromatic rings. The molecule has 0 aliphatic carbocycles. The van der Waals surface area contributed by atoms with Crippen molar-refractivity contribution < 1.29 is 9.90 Å². The predicted molar refractivity (Wildman–Crippen MR) is 81.7 cm³/mol. The number of nitrogens with zero attached hydrogens (tertiary/aromatic N) is 1. The average molecular weight is 273 g/mol. The number of amides is 1. The fourth-order valence-electron chi connectivity index (χ4n) is 2.93. The van der Waals surface area contributed by atoms with Crippen molar-refractivity contribution in [3.05, 3.63) is 40.1 Å². The molecule has 0 aromatic heterocycles. The van der Waals surface area contributed by atoms with Crippen LogP contribution in [0.3, 0.4) is 0 Å². The van der Waals surface area contributed by atoms with E-state index in [0.29, 0.717) is 12.1 Å². The third-order valence-electron chi connectivity index (χ3n) is 3.79. The number of carbonyl (C=O) groups is 1. The summed E-state index contributed by atoms with van der Waals surface area (Å²) >= 11 is 0. The van der Waals surface area contributed by atoms with Gasteiger partial charge in [-0.25, -0.2) is 0 Å². The monoisotopic (exact) mass is 273 g/mol. The normalized spacial score (nSPS) is 16.3. The fraction of sp³-hybridized carbons (Fsp3) is 0.471. The van der Waals surface area contributed by atoms with E-state index < -0.39 is 0 Å². The fourth-order valence-corrected chi connectivity index (χ4v) is 2.93. The van der Waals surface area contributed by atoms with Crippen molar-refractivity contribution in [2.24, 2.45) is 0 Å². The van der Waals surface area contributed by atoms with Gasteiger partial charge in [0.25, 0.3) is 5.91 Å². The lowest BCUT2D eigenvalue weighted by atomic mass is 9.93. The predicted octanol–water partition coefficient (Wildman–Crippen LogP) is 3.52. The Morgan fingerprint density at radius 3 is 2.00 bits per heavy atom. The van der Waals surface area contributed by atoms with Crippen molar-refractivity contribution in [1.82, 2.24) is 4.90 Å². The summed E-state index contributed by atoms with van der Waals surface area (Å²) in [6.07, 6.45) is 0. The van der Waals surface area contributed by atoms with Gasteiger partial charge in [-0.15, -0.1) is 0 Å². The summed E-state index contributed by atoms with van der Waals surface area (Å²) in [5, 5.41) is 10.3. The minimum atomic E-state index is -0.292. The largest absolute Gasteiger partial charge is 0.510 e. The van der Waals surface area contributed by atoms with E-state index in [1.165, 1.54) is 5.56 Å². The molecule has 1 amide bonds. The van der Waals surface area contributed by atoms with Gasteiger partial charge in [0.15, 0.2) is 0 Å². The Hall–Kier alpha value is -1.77. The molecule has 108 valence electrons. The number of carbonyl (C=O) groups excluding carboxylic acids is 1. The van der Waals surface area contributed by atoms with Crippen molar-refractivity contribution in [1.29, 1.82) is 0 Å². The Balaban J connectivity index is 2.55. The molecule has 3 nitrogen and oxygen atoms in total. The smallest absolute Gasteiger partial charge is 0.258 e. The van der Waals surface area contributed by atoms with Gasteiger partial charge in [-0.3, -0.25) is 4.79 Å². The van der Waals surface area contributed by atoms with Gasteiger partial charge in [-0.2, -0.15) is 0 Å². The first-order valence-corrected chi connectivity index (χ1v) is 6.95. The average Bonchev–Trinajstić information content (AvgIpc) is 2.55. The Morgan fingerprint density at radius 1 is 1.10 bits per heavy atom. The van der Waals surface area contributed by atoms with E-state index in [1.54, 1.807) is 4.90 Å². The first-order chi connectivity index (χ1) is 9.12. The van der Waals surface area contributed by atoms with E-state index in [1.807, 2.05) is 41.5 Å². The molecule has 3 heteroatoms. The van der Waals surface area contributed by atoms with Crippen LogP contribution in [0.2, 0.25) is 0 Å². The SMILES string of the molecule is Cc1cc(C)c(C2=C(O)CN(C(C)(C)C)C2=O)c(C)c1. The lowest BCUT2D eigenvalue weighted by Gasteiger charge is -2.32. The summed E-state index contributed by atoms with van der Waals surface area (Å²) in [7, 11) is 0. The zero-order valence-corrected chi connectivity index (χ0v) is 13.2. The van der Waals surface area contributed by atoms with E-state index in [9.17, 15) is 9.90 Å². The van der Waals surface area contributed by atoms with Gasteiger partial charge in [0, 0.05) is 5.54 Å². The Bertz CT molecular complexity index is 583. The van der Waals surface area contributed by atoms with Gasteiger partial charge in [-0.05, 0) is 58.2 Å². The van der Waals surface area contributed by atoms with Crippen LogP contribution < -0.4 is 0 Å². The van der Waals surface area contributed by atoms with Crippen LogP contribution in [0.4, 0.5) is 0 Å². The van der Waals surface area contributed by atoms with Gasteiger partial charge >= 0.3 is 0 Å². The molecule has 0 radical (unpaired) electrons. The summed E-state index contributed by atoms with van der Waals surface area (Å²) in [6, 6.07) is 4.10. The quantitative estimate of drug-likeness (QED) is 0.850. The van der Waals surface area contributed by atoms with Crippen LogP contribution in [0.25, 0.3) is 5.57 Å². The molecule has 0 spiro atoms. The molecular weight excluding hydrogens is 250 g/mol. The lowest BCUT2D eigenvalue weighted by molar-refractivity contribution is -0.127. The van der Waals surface area contributed by atoms with Crippen molar-refractivity contribution in [2.75, 3.05) is 6.54 Å². The molecule has 1 N–H and O–H groups in total. The van der Waals surface area contributed by atoms with Gasteiger partial charge < -0.3 is 10.0 Å². The maximum absolute atomic E-state index is 12.7. The summed E-state index contributed by atoms with van der Waals surface area (Å²) in [6.45, 7) is 12.3. The van der Waals surface area contributed by atoms with Crippen molar-refractivity contribution >= 4 is 11.5 Å². The van der Waals surface area contributed by atoms with Crippen molar-refractivity contribution in [3.63, 3.8) is 0 Å². The Labute approximate surface area is 120 Å². The van der Waals surface area contributed by atoms with Crippen LogP contribution in [0.5, 0.6) is 0 Å². The van der Waals surface area contributed by atoms with Crippen molar-refractivity contribution in [2.45, 2.75) is 47.1 Å². The third-order valence-corrected chi connectivity index (χ3v) is 3.79. The van der Waals surface area contributed by atoms with Crippen LogP contribution >= 0.6 is 0 Å². The highest BCUT2D eigenvalue weighted by atomic mass is 16.3. The topological polar surface area (TPSA) is 40.5 Å². The third kappa shape index (κ3) is 2.33. The molecule has 0 atom stereocenters. The molecular formula is C17H23NO2. The number of hydrogen-bond acceptors (Lipinski definition) is 2. The summed E-state index contributed by atoms with van der Waals surface area (Å²) in [5.41, 5.74) is 4.29. The van der Waals surface area contributed by atoms with Crippen LogP contribution in [-0.4, -0.2) is 28.0 Å². The van der Waals surface area contributed by atoms with E-state index in [2.05, 4.69) is 12.1 Å². The lowest BCUT2D eigenvalue weighted by Crippen LogP contribution is -2.43. The molecule has 0 fully saturated rings. The zero-order valence-electron chi connectivity index (χ0n) is 13.2. The number of rotatable bonds is 1. The Morgan fingerprint density at radius 2 is 1.60 bits per heavy atom. The van der Waals surface area contributed by atoms with Gasteiger partial charge in [-0.1, -0.05) is 17.7 Å². The highest BCUT2D eigenvalue weighted by molar-refractivity contribution is 6.23. The van der Waals surface area contributed by atoms with Crippen molar-refractivity contribution in [3.8, 4) is 0 Å². The molecule has 1 aliphatic heterocycles.